The molecule has 4 rings (SSSR count). The number of aromatic nitrogens is 3. The van der Waals surface area contributed by atoms with Crippen molar-refractivity contribution in [3.05, 3.63) is 76.2 Å². The predicted octanol–water partition coefficient (Wildman–Crippen LogP) is 1.97. The van der Waals surface area contributed by atoms with Crippen LogP contribution >= 0.6 is 12.4 Å². The van der Waals surface area contributed by atoms with Crippen LogP contribution in [0.1, 0.15) is 20.7 Å². The number of benzene rings is 2. The maximum absolute atomic E-state index is 11.8. The summed E-state index contributed by atoms with van der Waals surface area (Å²) in [7, 11) is 0. The molecule has 6 N–H and O–H groups in total. The number of fused-ring (bicyclic) bond motifs is 3. The van der Waals surface area contributed by atoms with Crippen LogP contribution in [0.25, 0.3) is 16.6 Å². The Morgan fingerprint density at radius 2 is 1.62 bits per heavy atom. The van der Waals surface area contributed by atoms with Gasteiger partial charge in [0.1, 0.15) is 5.56 Å². The van der Waals surface area contributed by atoms with Gasteiger partial charge in [-0.2, -0.15) is 5.10 Å². The number of para-hydroxylation sites is 2. The number of nitrogens with one attached hydrogen (secondary N) is 2. The second-order valence-corrected chi connectivity index (χ2v) is 5.59. The molecule has 0 saturated carbocycles. The van der Waals surface area contributed by atoms with Crippen molar-refractivity contribution < 1.29 is 19.8 Å². The summed E-state index contributed by atoms with van der Waals surface area (Å²) in [5, 5.41) is 22.0. The number of hydrazine groups is 1. The molecule has 0 aliphatic rings. The number of rotatable bonds is 3. The maximum Gasteiger partial charge on any atom is 0.341 e. The van der Waals surface area contributed by atoms with Crippen LogP contribution in [-0.4, -0.2) is 36.7 Å². The smallest absolute Gasteiger partial charge is 0.341 e. The number of nitrogens with zero attached hydrogens (tertiary/aromatic N) is 2. The van der Waals surface area contributed by atoms with Crippen LogP contribution in [0.4, 0.5) is 5.69 Å². The van der Waals surface area contributed by atoms with Gasteiger partial charge in [0.05, 0.1) is 28.4 Å². The van der Waals surface area contributed by atoms with E-state index in [0.717, 1.165) is 0 Å². The van der Waals surface area contributed by atoms with Gasteiger partial charge < -0.3 is 20.6 Å². The second kappa shape index (κ2) is 8.87. The maximum atomic E-state index is 11.8. The molecule has 0 aliphatic carbocycles. The van der Waals surface area contributed by atoms with Gasteiger partial charge in [0, 0.05) is 0 Å². The van der Waals surface area contributed by atoms with Gasteiger partial charge in [-0.05, 0) is 24.3 Å². The lowest BCUT2D eigenvalue weighted by Gasteiger charge is -2.02. The van der Waals surface area contributed by atoms with Crippen LogP contribution in [0, 0.1) is 0 Å². The highest BCUT2D eigenvalue weighted by molar-refractivity contribution is 5.95. The van der Waals surface area contributed by atoms with Crippen molar-refractivity contribution in [3.8, 4) is 0 Å². The van der Waals surface area contributed by atoms with E-state index in [0.29, 0.717) is 16.6 Å². The average molecular weight is 418 g/mol. The lowest BCUT2D eigenvalue weighted by atomic mass is 10.2. The molecule has 0 spiro atoms. The highest BCUT2D eigenvalue weighted by Gasteiger charge is 2.14. The molecule has 0 amide bonds. The van der Waals surface area contributed by atoms with Crippen LogP contribution in [-0.2, 0) is 0 Å². The quantitative estimate of drug-likeness (QED) is 0.249. The second-order valence-electron chi connectivity index (χ2n) is 5.59. The largest absolute Gasteiger partial charge is 0.478 e. The number of H-pyrrole nitrogens is 1. The van der Waals surface area contributed by atoms with Crippen LogP contribution in [0.3, 0.4) is 0 Å². The Morgan fingerprint density at radius 1 is 1.00 bits per heavy atom. The van der Waals surface area contributed by atoms with E-state index in [1.165, 1.54) is 16.8 Å². The van der Waals surface area contributed by atoms with Crippen LogP contribution in [0.15, 0.2) is 59.5 Å². The molecule has 0 atom stereocenters. The Balaban J connectivity index is 0.000000219. The number of carbonyl (C=O) groups is 2. The third kappa shape index (κ3) is 4.18. The number of aromatic carboxylic acids is 2. The first kappa shape index (κ1) is 21.4. The molecule has 0 radical (unpaired) electrons. The summed E-state index contributed by atoms with van der Waals surface area (Å²) in [4.78, 5) is 35.7. The highest BCUT2D eigenvalue weighted by atomic mass is 35.5. The number of hydrogen-bond donors (Lipinski definition) is 5. The fourth-order valence-corrected chi connectivity index (χ4v) is 2.63. The molecule has 0 bridgehead atoms. The van der Waals surface area contributed by atoms with Crippen molar-refractivity contribution in [2.75, 3.05) is 5.43 Å². The molecule has 0 unspecified atom stereocenters. The molecular weight excluding hydrogens is 402 g/mol. The van der Waals surface area contributed by atoms with E-state index in [1.54, 1.807) is 42.5 Å². The number of halogens is 1. The van der Waals surface area contributed by atoms with Crippen molar-refractivity contribution in [2.24, 2.45) is 5.84 Å². The van der Waals surface area contributed by atoms with Crippen LogP contribution < -0.4 is 16.8 Å². The molecule has 0 aliphatic heterocycles. The van der Waals surface area contributed by atoms with E-state index in [9.17, 15) is 14.4 Å². The van der Waals surface area contributed by atoms with Gasteiger partial charge in [0.25, 0.3) is 5.56 Å². The summed E-state index contributed by atoms with van der Waals surface area (Å²) < 4.78 is 1.42. The number of anilines is 1. The summed E-state index contributed by atoms with van der Waals surface area (Å²) in [6, 6.07) is 13.3. The zero-order valence-corrected chi connectivity index (χ0v) is 15.5. The van der Waals surface area contributed by atoms with E-state index in [4.69, 9.17) is 16.1 Å². The Hall–Kier alpha value is -3.89. The fourth-order valence-electron chi connectivity index (χ4n) is 2.63. The van der Waals surface area contributed by atoms with Crippen LogP contribution in [0.2, 0.25) is 0 Å². The Bertz CT molecular complexity index is 1250. The molecule has 4 aromatic rings. The van der Waals surface area contributed by atoms with E-state index in [-0.39, 0.29) is 34.7 Å². The minimum Gasteiger partial charge on any atom is -0.478 e. The first-order chi connectivity index (χ1) is 13.4. The van der Waals surface area contributed by atoms with Crippen molar-refractivity contribution in [3.63, 3.8) is 0 Å². The zero-order valence-electron chi connectivity index (χ0n) is 14.7. The van der Waals surface area contributed by atoms with Gasteiger partial charge in [-0.15, -0.1) is 12.4 Å². The van der Waals surface area contributed by atoms with E-state index >= 15 is 0 Å². The van der Waals surface area contributed by atoms with E-state index in [1.807, 2.05) is 0 Å². The first-order valence-electron chi connectivity index (χ1n) is 7.95. The number of hydrogen-bond acceptors (Lipinski definition) is 6. The Morgan fingerprint density at radius 3 is 2.24 bits per heavy atom. The zero-order chi connectivity index (χ0) is 20.3. The molecule has 2 aromatic carbocycles. The third-order valence-electron chi connectivity index (χ3n) is 3.92. The predicted molar refractivity (Wildman–Crippen MR) is 109 cm³/mol. The lowest BCUT2D eigenvalue weighted by Crippen LogP contribution is -2.11. The summed E-state index contributed by atoms with van der Waals surface area (Å²) >= 11 is 0. The van der Waals surface area contributed by atoms with Crippen molar-refractivity contribution in [1.29, 1.82) is 0 Å². The topological polar surface area (TPSA) is 163 Å². The SMILES string of the molecule is Cl.NNc1ccccc1C(=O)O.O=C(O)c1cnn2c1[nH]c(=O)c1ccccc12. The highest BCUT2D eigenvalue weighted by Crippen LogP contribution is 2.14. The number of aromatic amines is 1. The standard InChI is InChI=1S/C11H7N3O3.C7H8N2O2.ClH/c15-10-6-3-1-2-4-8(6)14-9(13-10)7(5-12-14)11(16)17;8-9-6-4-2-1-3-5(6)7(10)11;/h1-5H,(H,13,15)(H,16,17);1-4,9H,8H2,(H,10,11);1H. The summed E-state index contributed by atoms with van der Waals surface area (Å²) in [6.45, 7) is 0. The molecule has 2 aromatic heterocycles. The Labute approximate surface area is 169 Å². The minimum atomic E-state index is -1.12. The van der Waals surface area contributed by atoms with Crippen molar-refractivity contribution >= 4 is 46.6 Å². The van der Waals surface area contributed by atoms with E-state index < -0.39 is 11.9 Å². The number of nitrogen functional groups attached to an aromatic ring is 1. The average Bonchev–Trinajstić information content (AvgIpc) is 3.13. The van der Waals surface area contributed by atoms with Gasteiger partial charge in [-0.1, -0.05) is 24.3 Å². The third-order valence-corrected chi connectivity index (χ3v) is 3.92. The number of carboxylic acids is 2. The van der Waals surface area contributed by atoms with Gasteiger partial charge in [0.2, 0.25) is 0 Å². The molecule has 11 heteroatoms. The summed E-state index contributed by atoms with van der Waals surface area (Å²) in [5.41, 5.74) is 3.32. The molecule has 2 heterocycles. The van der Waals surface area contributed by atoms with Crippen LogP contribution in [0.5, 0.6) is 0 Å². The Kier molecular flexibility index (Phi) is 6.55. The van der Waals surface area contributed by atoms with Gasteiger partial charge in [0.15, 0.2) is 5.65 Å². The van der Waals surface area contributed by atoms with E-state index in [2.05, 4.69) is 15.5 Å². The fraction of sp³-hybridized carbons (Fsp3) is 0. The van der Waals surface area contributed by atoms with Gasteiger partial charge in [-0.3, -0.25) is 10.6 Å². The normalized spacial score (nSPS) is 9.97. The molecule has 0 saturated heterocycles. The van der Waals surface area contributed by atoms with Crippen molar-refractivity contribution in [2.45, 2.75) is 0 Å². The summed E-state index contributed by atoms with van der Waals surface area (Å²) in [6.07, 6.45) is 1.22. The number of carboxylic acid groups (broad SMARTS) is 2. The van der Waals surface area contributed by atoms with Gasteiger partial charge >= 0.3 is 11.9 Å². The minimum absolute atomic E-state index is 0. The molecule has 150 valence electrons. The summed E-state index contributed by atoms with van der Waals surface area (Å²) in [5.74, 6) is 2.97. The number of nitrogens with two attached hydrogens (primary N) is 1. The molecule has 0 fully saturated rings. The van der Waals surface area contributed by atoms with Crippen molar-refractivity contribution in [1.82, 2.24) is 14.6 Å². The molecular formula is C18H16ClN5O5. The monoisotopic (exact) mass is 417 g/mol. The molecule has 29 heavy (non-hydrogen) atoms. The lowest BCUT2D eigenvalue weighted by molar-refractivity contribution is 0.0687. The first-order valence-corrected chi connectivity index (χ1v) is 7.95. The van der Waals surface area contributed by atoms with Gasteiger partial charge in [-0.25, -0.2) is 14.1 Å². The molecule has 10 nitrogen and oxygen atoms in total.